The third-order valence-electron chi connectivity index (χ3n) is 3.86. The molecule has 118 valence electrons. The summed E-state index contributed by atoms with van der Waals surface area (Å²) < 4.78 is 16.4. The summed E-state index contributed by atoms with van der Waals surface area (Å²) in [5, 5.41) is 0. The molecular formula is C16H25NO4. The maximum Gasteiger partial charge on any atom is 0.333 e. The molecule has 0 aromatic rings. The molecule has 0 unspecified atom stereocenters. The summed E-state index contributed by atoms with van der Waals surface area (Å²) in [7, 11) is 0. The second kappa shape index (κ2) is 8.17. The molecule has 1 heterocycles. The first-order chi connectivity index (χ1) is 10.2. The lowest BCUT2D eigenvalue weighted by Crippen LogP contribution is -2.30. The monoisotopic (exact) mass is 295 g/mol. The van der Waals surface area contributed by atoms with Gasteiger partial charge in [0.05, 0.1) is 19.3 Å². The zero-order valence-electron chi connectivity index (χ0n) is 12.8. The fourth-order valence-electron chi connectivity index (χ4n) is 2.67. The highest BCUT2D eigenvalue weighted by molar-refractivity contribution is 5.86. The molecule has 5 nitrogen and oxygen atoms in total. The Morgan fingerprint density at radius 3 is 2.71 bits per heavy atom. The van der Waals surface area contributed by atoms with Crippen LogP contribution in [-0.4, -0.2) is 44.3 Å². The molecule has 0 saturated heterocycles. The van der Waals surface area contributed by atoms with Gasteiger partial charge in [0.1, 0.15) is 6.61 Å². The summed E-state index contributed by atoms with van der Waals surface area (Å²) in [6.45, 7) is 7.63. The Labute approximate surface area is 126 Å². The second-order valence-corrected chi connectivity index (χ2v) is 5.68. The second-order valence-electron chi connectivity index (χ2n) is 5.68. The Bertz CT molecular complexity index is 397. The molecule has 0 aromatic carbocycles. The predicted molar refractivity (Wildman–Crippen MR) is 80.3 cm³/mol. The van der Waals surface area contributed by atoms with Crippen molar-refractivity contribution in [3.8, 4) is 0 Å². The van der Waals surface area contributed by atoms with Gasteiger partial charge in [0.25, 0.3) is 0 Å². The number of rotatable bonds is 6. The fourth-order valence-corrected chi connectivity index (χ4v) is 2.67. The molecule has 1 fully saturated rings. The predicted octanol–water partition coefficient (Wildman–Crippen LogP) is 2.50. The van der Waals surface area contributed by atoms with E-state index in [1.807, 2.05) is 0 Å². The Kier molecular flexibility index (Phi) is 6.23. The van der Waals surface area contributed by atoms with Gasteiger partial charge in [-0.1, -0.05) is 6.58 Å². The van der Waals surface area contributed by atoms with E-state index in [9.17, 15) is 4.79 Å². The van der Waals surface area contributed by atoms with Crippen molar-refractivity contribution in [2.75, 3.05) is 26.4 Å². The van der Waals surface area contributed by atoms with Crippen LogP contribution < -0.4 is 0 Å². The standard InChI is InChI=1S/C16H25NO4/c1-12(2)16(18)21-11-10-19-14-6-4-13(5-7-14)15-17-8-3-9-20-15/h13-14H,1,3-11H2,2H3. The van der Waals surface area contributed by atoms with Crippen molar-refractivity contribution < 1.29 is 19.0 Å². The molecule has 0 atom stereocenters. The van der Waals surface area contributed by atoms with Crippen molar-refractivity contribution in [2.24, 2.45) is 10.9 Å². The molecule has 21 heavy (non-hydrogen) atoms. The summed E-state index contributed by atoms with van der Waals surface area (Å²) in [6.07, 6.45) is 5.45. The minimum Gasteiger partial charge on any atom is -0.481 e. The number of carbonyl (C=O) groups is 1. The van der Waals surface area contributed by atoms with Gasteiger partial charge in [-0.3, -0.25) is 4.99 Å². The Morgan fingerprint density at radius 2 is 2.10 bits per heavy atom. The molecule has 0 aromatic heterocycles. The third kappa shape index (κ3) is 5.16. The van der Waals surface area contributed by atoms with Crippen LogP contribution in [-0.2, 0) is 19.0 Å². The molecule has 0 spiro atoms. The first-order valence-electron chi connectivity index (χ1n) is 7.78. The Balaban J connectivity index is 1.60. The van der Waals surface area contributed by atoms with Gasteiger partial charge in [-0.25, -0.2) is 4.79 Å². The van der Waals surface area contributed by atoms with Crippen LogP contribution >= 0.6 is 0 Å². The molecule has 5 heteroatoms. The molecule has 0 bridgehead atoms. The highest BCUT2D eigenvalue weighted by atomic mass is 16.6. The summed E-state index contributed by atoms with van der Waals surface area (Å²) in [5.74, 6) is 1.07. The van der Waals surface area contributed by atoms with E-state index in [2.05, 4.69) is 11.6 Å². The van der Waals surface area contributed by atoms with Crippen molar-refractivity contribution in [2.45, 2.75) is 45.1 Å². The van der Waals surface area contributed by atoms with E-state index in [1.165, 1.54) is 0 Å². The summed E-state index contributed by atoms with van der Waals surface area (Å²) in [5.41, 5.74) is 0.420. The van der Waals surface area contributed by atoms with E-state index in [4.69, 9.17) is 14.2 Å². The van der Waals surface area contributed by atoms with Crippen molar-refractivity contribution >= 4 is 11.9 Å². The van der Waals surface area contributed by atoms with Crippen LogP contribution in [0.4, 0.5) is 0 Å². The normalized spacial score (nSPS) is 25.7. The number of ether oxygens (including phenoxy) is 3. The number of esters is 1. The third-order valence-corrected chi connectivity index (χ3v) is 3.86. The van der Waals surface area contributed by atoms with Gasteiger partial charge < -0.3 is 14.2 Å². The highest BCUT2D eigenvalue weighted by Gasteiger charge is 2.27. The Hall–Kier alpha value is -1.36. The molecule has 1 saturated carbocycles. The SMILES string of the molecule is C=C(C)C(=O)OCCOC1CCC(C2=NCCCO2)CC1. The lowest BCUT2D eigenvalue weighted by Gasteiger charge is -2.30. The molecule has 0 amide bonds. The van der Waals surface area contributed by atoms with Gasteiger partial charge in [0.2, 0.25) is 0 Å². The Morgan fingerprint density at radius 1 is 1.33 bits per heavy atom. The van der Waals surface area contributed by atoms with Gasteiger partial charge in [-0.05, 0) is 32.6 Å². The van der Waals surface area contributed by atoms with Gasteiger partial charge in [-0.15, -0.1) is 0 Å². The van der Waals surface area contributed by atoms with Crippen molar-refractivity contribution in [1.29, 1.82) is 0 Å². The van der Waals surface area contributed by atoms with Crippen molar-refractivity contribution in [1.82, 2.24) is 0 Å². The maximum atomic E-state index is 11.2. The van der Waals surface area contributed by atoms with Gasteiger partial charge in [0, 0.05) is 24.5 Å². The number of nitrogens with zero attached hydrogens (tertiary/aromatic N) is 1. The lowest BCUT2D eigenvalue weighted by molar-refractivity contribution is -0.141. The van der Waals surface area contributed by atoms with Gasteiger partial charge in [-0.2, -0.15) is 0 Å². The zero-order chi connectivity index (χ0) is 15.1. The van der Waals surface area contributed by atoms with Crippen molar-refractivity contribution in [3.05, 3.63) is 12.2 Å². The quantitative estimate of drug-likeness (QED) is 0.429. The van der Waals surface area contributed by atoms with Gasteiger partial charge in [0.15, 0.2) is 5.90 Å². The van der Waals surface area contributed by atoms with E-state index in [1.54, 1.807) is 6.92 Å². The van der Waals surface area contributed by atoms with E-state index in [0.717, 1.165) is 51.2 Å². The van der Waals surface area contributed by atoms with Crippen LogP contribution in [0.1, 0.15) is 39.0 Å². The number of hydrogen-bond acceptors (Lipinski definition) is 5. The molecule has 1 aliphatic heterocycles. The molecule has 2 rings (SSSR count). The maximum absolute atomic E-state index is 11.2. The van der Waals surface area contributed by atoms with Crippen LogP contribution in [0.15, 0.2) is 17.1 Å². The molecular weight excluding hydrogens is 270 g/mol. The van der Waals surface area contributed by atoms with E-state index < -0.39 is 0 Å². The van der Waals surface area contributed by atoms with Crippen LogP contribution in [0.3, 0.4) is 0 Å². The number of hydrogen-bond donors (Lipinski definition) is 0. The van der Waals surface area contributed by atoms with E-state index in [-0.39, 0.29) is 12.1 Å². The molecule has 0 radical (unpaired) electrons. The minimum atomic E-state index is -0.352. The smallest absolute Gasteiger partial charge is 0.333 e. The topological polar surface area (TPSA) is 57.1 Å². The number of carbonyl (C=O) groups excluding carboxylic acids is 1. The van der Waals surface area contributed by atoms with Crippen LogP contribution in [0, 0.1) is 5.92 Å². The van der Waals surface area contributed by atoms with E-state index >= 15 is 0 Å². The van der Waals surface area contributed by atoms with Gasteiger partial charge >= 0.3 is 5.97 Å². The van der Waals surface area contributed by atoms with Crippen LogP contribution in [0.2, 0.25) is 0 Å². The first-order valence-corrected chi connectivity index (χ1v) is 7.78. The van der Waals surface area contributed by atoms with Crippen molar-refractivity contribution in [3.63, 3.8) is 0 Å². The highest BCUT2D eigenvalue weighted by Crippen LogP contribution is 2.28. The first kappa shape index (κ1) is 16.0. The summed E-state index contributed by atoms with van der Waals surface area (Å²) in [6, 6.07) is 0. The lowest BCUT2D eigenvalue weighted by atomic mass is 9.87. The minimum absolute atomic E-state index is 0.258. The number of aliphatic imine (C=N–C) groups is 1. The van der Waals surface area contributed by atoms with Crippen LogP contribution in [0.25, 0.3) is 0 Å². The average Bonchev–Trinajstić information content (AvgIpc) is 2.52. The fraction of sp³-hybridized carbons (Fsp3) is 0.750. The molecule has 2 aliphatic rings. The average molecular weight is 295 g/mol. The van der Waals surface area contributed by atoms with E-state index in [0.29, 0.717) is 24.7 Å². The zero-order valence-corrected chi connectivity index (χ0v) is 12.8. The summed E-state index contributed by atoms with van der Waals surface area (Å²) >= 11 is 0. The summed E-state index contributed by atoms with van der Waals surface area (Å²) in [4.78, 5) is 15.7. The molecule has 1 aliphatic carbocycles. The van der Waals surface area contributed by atoms with Crippen LogP contribution in [0.5, 0.6) is 0 Å². The largest absolute Gasteiger partial charge is 0.481 e. The molecule has 0 N–H and O–H groups in total.